The Hall–Kier alpha value is -2.21. The summed E-state index contributed by atoms with van der Waals surface area (Å²) in [5.41, 5.74) is 3.08. The van der Waals surface area contributed by atoms with Gasteiger partial charge in [-0.3, -0.25) is 0 Å². The Kier molecular flexibility index (Phi) is 3.02. The van der Waals surface area contributed by atoms with Gasteiger partial charge in [0.15, 0.2) is 0 Å². The molecule has 100 valence electrons. The van der Waals surface area contributed by atoms with Crippen molar-refractivity contribution in [3.63, 3.8) is 0 Å². The molecule has 0 amide bonds. The SMILES string of the molecule is Cc1ccc(-n2nnc3cccc(C(=O)O)c32)c(Br)c1. The minimum atomic E-state index is -0.998. The zero-order valence-corrected chi connectivity index (χ0v) is 12.1. The van der Waals surface area contributed by atoms with Crippen LogP contribution in [0.1, 0.15) is 15.9 Å². The highest BCUT2D eigenvalue weighted by molar-refractivity contribution is 9.10. The maximum absolute atomic E-state index is 11.4. The lowest BCUT2D eigenvalue weighted by Gasteiger charge is -2.07. The first-order chi connectivity index (χ1) is 9.58. The number of carbonyl (C=O) groups is 1. The number of hydrogen-bond acceptors (Lipinski definition) is 3. The van der Waals surface area contributed by atoms with Crippen molar-refractivity contribution in [2.24, 2.45) is 0 Å². The zero-order valence-electron chi connectivity index (χ0n) is 10.5. The fraction of sp³-hybridized carbons (Fsp3) is 0.0714. The second-order valence-electron chi connectivity index (χ2n) is 4.43. The van der Waals surface area contributed by atoms with Gasteiger partial charge in [0.2, 0.25) is 0 Å². The first-order valence-electron chi connectivity index (χ1n) is 5.92. The van der Waals surface area contributed by atoms with Crippen LogP contribution in [-0.4, -0.2) is 26.1 Å². The molecule has 0 aliphatic carbocycles. The highest BCUT2D eigenvalue weighted by atomic mass is 79.9. The summed E-state index contributed by atoms with van der Waals surface area (Å²) in [4.78, 5) is 11.4. The Morgan fingerprint density at radius 1 is 1.30 bits per heavy atom. The summed E-state index contributed by atoms with van der Waals surface area (Å²) >= 11 is 3.48. The van der Waals surface area contributed by atoms with Gasteiger partial charge in [0.25, 0.3) is 0 Å². The van der Waals surface area contributed by atoms with E-state index in [1.165, 1.54) is 0 Å². The van der Waals surface area contributed by atoms with Gasteiger partial charge in [-0.25, -0.2) is 9.48 Å². The summed E-state index contributed by atoms with van der Waals surface area (Å²) in [6, 6.07) is 10.7. The average molecular weight is 332 g/mol. The zero-order chi connectivity index (χ0) is 14.3. The summed E-state index contributed by atoms with van der Waals surface area (Å²) in [6.07, 6.45) is 0. The van der Waals surface area contributed by atoms with Crippen molar-refractivity contribution in [3.8, 4) is 5.69 Å². The third kappa shape index (κ3) is 1.98. The third-order valence-electron chi connectivity index (χ3n) is 3.03. The molecule has 3 rings (SSSR count). The van der Waals surface area contributed by atoms with E-state index < -0.39 is 5.97 Å². The monoisotopic (exact) mass is 331 g/mol. The molecule has 0 aliphatic rings. The van der Waals surface area contributed by atoms with E-state index in [4.69, 9.17) is 0 Å². The molecule has 0 fully saturated rings. The summed E-state index contributed by atoms with van der Waals surface area (Å²) in [6.45, 7) is 1.98. The number of hydrogen-bond donors (Lipinski definition) is 1. The van der Waals surface area contributed by atoms with E-state index >= 15 is 0 Å². The summed E-state index contributed by atoms with van der Waals surface area (Å²) < 4.78 is 2.38. The number of aromatic carboxylic acids is 1. The van der Waals surface area contributed by atoms with Gasteiger partial charge in [-0.2, -0.15) is 0 Å². The van der Waals surface area contributed by atoms with Gasteiger partial charge in [-0.1, -0.05) is 17.3 Å². The summed E-state index contributed by atoms with van der Waals surface area (Å²) in [7, 11) is 0. The third-order valence-corrected chi connectivity index (χ3v) is 3.67. The van der Waals surface area contributed by atoms with E-state index in [0.717, 1.165) is 15.7 Å². The van der Waals surface area contributed by atoms with Gasteiger partial charge in [-0.05, 0) is 52.7 Å². The Labute approximate surface area is 123 Å². The van der Waals surface area contributed by atoms with Crippen molar-refractivity contribution in [2.45, 2.75) is 6.92 Å². The quantitative estimate of drug-likeness (QED) is 0.783. The molecule has 0 saturated heterocycles. The van der Waals surface area contributed by atoms with Gasteiger partial charge in [0, 0.05) is 4.47 Å². The Morgan fingerprint density at radius 2 is 2.10 bits per heavy atom. The number of carboxylic acid groups (broad SMARTS) is 1. The highest BCUT2D eigenvalue weighted by Crippen LogP contribution is 2.26. The number of halogens is 1. The van der Waals surface area contributed by atoms with Crippen LogP contribution in [0.25, 0.3) is 16.7 Å². The van der Waals surface area contributed by atoms with Crippen LogP contribution >= 0.6 is 15.9 Å². The molecule has 0 aliphatic heterocycles. The second-order valence-corrected chi connectivity index (χ2v) is 5.29. The van der Waals surface area contributed by atoms with Crippen LogP contribution in [0, 0.1) is 6.92 Å². The Balaban J connectivity index is 2.34. The predicted molar refractivity (Wildman–Crippen MR) is 78.3 cm³/mol. The molecule has 1 N–H and O–H groups in total. The number of nitrogens with zero attached hydrogens (tertiary/aromatic N) is 3. The topological polar surface area (TPSA) is 68.0 Å². The number of fused-ring (bicyclic) bond motifs is 1. The van der Waals surface area contributed by atoms with Crippen LogP contribution in [0.4, 0.5) is 0 Å². The molecule has 1 heterocycles. The van der Waals surface area contributed by atoms with Gasteiger partial charge in [0.1, 0.15) is 11.0 Å². The van der Waals surface area contributed by atoms with Crippen molar-refractivity contribution in [1.82, 2.24) is 15.0 Å². The van der Waals surface area contributed by atoms with Gasteiger partial charge < -0.3 is 5.11 Å². The number of benzene rings is 2. The molecule has 0 radical (unpaired) electrons. The number of aromatic nitrogens is 3. The summed E-state index contributed by atoms with van der Waals surface area (Å²) in [5, 5.41) is 17.4. The molecule has 5 nitrogen and oxygen atoms in total. The standard InChI is InChI=1S/C14H10BrN3O2/c1-8-5-6-12(10(15)7-8)18-13-9(14(19)20)3-2-4-11(13)16-17-18/h2-7H,1H3,(H,19,20). The van der Waals surface area contributed by atoms with Crippen LogP contribution in [0.15, 0.2) is 40.9 Å². The first kappa shape index (κ1) is 12.8. The van der Waals surface area contributed by atoms with Crippen molar-refractivity contribution in [3.05, 3.63) is 52.0 Å². The molecule has 0 unspecified atom stereocenters. The fourth-order valence-corrected chi connectivity index (χ4v) is 2.76. The van der Waals surface area contributed by atoms with Crippen molar-refractivity contribution >= 4 is 32.9 Å². The van der Waals surface area contributed by atoms with Crippen molar-refractivity contribution in [2.75, 3.05) is 0 Å². The van der Waals surface area contributed by atoms with Crippen LogP contribution in [0.2, 0.25) is 0 Å². The maximum Gasteiger partial charge on any atom is 0.337 e. The Morgan fingerprint density at radius 3 is 2.80 bits per heavy atom. The first-order valence-corrected chi connectivity index (χ1v) is 6.71. The van der Waals surface area contributed by atoms with Crippen LogP contribution in [0.5, 0.6) is 0 Å². The van der Waals surface area contributed by atoms with E-state index in [1.807, 2.05) is 25.1 Å². The predicted octanol–water partition coefficient (Wildman–Crippen LogP) is 3.19. The molecular formula is C14H10BrN3O2. The maximum atomic E-state index is 11.4. The molecule has 20 heavy (non-hydrogen) atoms. The molecule has 0 atom stereocenters. The van der Waals surface area contributed by atoms with Crippen molar-refractivity contribution in [1.29, 1.82) is 0 Å². The molecule has 0 spiro atoms. The van der Waals surface area contributed by atoms with Crippen molar-refractivity contribution < 1.29 is 9.90 Å². The van der Waals surface area contributed by atoms with E-state index in [-0.39, 0.29) is 5.56 Å². The lowest BCUT2D eigenvalue weighted by atomic mass is 10.1. The Bertz CT molecular complexity index is 826. The van der Waals surface area contributed by atoms with Gasteiger partial charge >= 0.3 is 5.97 Å². The molecule has 1 aromatic heterocycles. The number of aryl methyl sites for hydroxylation is 1. The molecule has 3 aromatic rings. The molecule has 2 aromatic carbocycles. The van der Waals surface area contributed by atoms with Crippen LogP contribution in [0.3, 0.4) is 0 Å². The lowest BCUT2D eigenvalue weighted by Crippen LogP contribution is -2.04. The van der Waals surface area contributed by atoms with E-state index in [9.17, 15) is 9.90 Å². The molecule has 0 bridgehead atoms. The highest BCUT2D eigenvalue weighted by Gasteiger charge is 2.16. The normalized spacial score (nSPS) is 10.9. The molecule has 0 saturated carbocycles. The largest absolute Gasteiger partial charge is 0.478 e. The smallest absolute Gasteiger partial charge is 0.337 e. The number of rotatable bonds is 2. The lowest BCUT2D eigenvalue weighted by molar-refractivity contribution is 0.0698. The second kappa shape index (κ2) is 4.72. The minimum Gasteiger partial charge on any atom is -0.478 e. The number of carboxylic acids is 1. The average Bonchev–Trinajstić information content (AvgIpc) is 2.82. The molecular weight excluding hydrogens is 322 g/mol. The number of para-hydroxylation sites is 1. The van der Waals surface area contributed by atoms with Gasteiger partial charge in [-0.15, -0.1) is 5.10 Å². The van der Waals surface area contributed by atoms with Crippen LogP contribution < -0.4 is 0 Å². The van der Waals surface area contributed by atoms with E-state index in [2.05, 4.69) is 26.2 Å². The van der Waals surface area contributed by atoms with E-state index in [1.54, 1.807) is 22.9 Å². The van der Waals surface area contributed by atoms with E-state index in [0.29, 0.717) is 11.0 Å². The van der Waals surface area contributed by atoms with Gasteiger partial charge in [0.05, 0.1) is 11.3 Å². The fourth-order valence-electron chi connectivity index (χ4n) is 2.10. The minimum absolute atomic E-state index is 0.181. The van der Waals surface area contributed by atoms with Crippen LogP contribution in [-0.2, 0) is 0 Å². The summed E-state index contributed by atoms with van der Waals surface area (Å²) in [5.74, 6) is -0.998. The molecule has 6 heteroatoms.